The Hall–Kier alpha value is -0.900. The van der Waals surface area contributed by atoms with Gasteiger partial charge in [0.2, 0.25) is 0 Å². The zero-order valence-corrected chi connectivity index (χ0v) is 10.7. The summed E-state index contributed by atoms with van der Waals surface area (Å²) in [6.45, 7) is 6.49. The molecule has 3 heteroatoms. The van der Waals surface area contributed by atoms with E-state index >= 15 is 0 Å². The Morgan fingerprint density at radius 1 is 1.12 bits per heavy atom. The van der Waals surface area contributed by atoms with E-state index in [0.29, 0.717) is 18.0 Å². The molecule has 1 heterocycles. The zero-order valence-electron chi connectivity index (χ0n) is 10.7. The molecule has 1 aliphatic rings. The van der Waals surface area contributed by atoms with E-state index in [1.54, 1.807) is 0 Å². The normalized spacial score (nSPS) is 28.5. The van der Waals surface area contributed by atoms with E-state index in [4.69, 9.17) is 0 Å². The standard InChI is InChI=1S/C14H23N3/c1-3-12-13(10-15-4-2)16-17-14(12)11-8-6-5-7-9-11/h5-9,12-17H,3-4,10H2,1-2H3. The third-order valence-electron chi connectivity index (χ3n) is 3.61. The Morgan fingerprint density at radius 2 is 1.88 bits per heavy atom. The highest BCUT2D eigenvalue weighted by Gasteiger charge is 2.34. The van der Waals surface area contributed by atoms with Gasteiger partial charge >= 0.3 is 0 Å². The molecular weight excluding hydrogens is 210 g/mol. The summed E-state index contributed by atoms with van der Waals surface area (Å²) in [4.78, 5) is 0. The van der Waals surface area contributed by atoms with Crippen molar-refractivity contribution in [1.29, 1.82) is 0 Å². The van der Waals surface area contributed by atoms with Crippen LogP contribution in [0.3, 0.4) is 0 Å². The van der Waals surface area contributed by atoms with Crippen molar-refractivity contribution in [3.05, 3.63) is 35.9 Å². The van der Waals surface area contributed by atoms with E-state index in [0.717, 1.165) is 13.1 Å². The van der Waals surface area contributed by atoms with Gasteiger partial charge in [-0.2, -0.15) is 0 Å². The fourth-order valence-corrected chi connectivity index (χ4v) is 2.66. The van der Waals surface area contributed by atoms with Gasteiger partial charge in [0.25, 0.3) is 0 Å². The van der Waals surface area contributed by atoms with Crippen LogP contribution in [0.2, 0.25) is 0 Å². The molecule has 0 aliphatic carbocycles. The van der Waals surface area contributed by atoms with Crippen LogP contribution in [0.25, 0.3) is 0 Å². The van der Waals surface area contributed by atoms with E-state index in [9.17, 15) is 0 Å². The van der Waals surface area contributed by atoms with E-state index in [-0.39, 0.29) is 0 Å². The van der Waals surface area contributed by atoms with Gasteiger partial charge in [-0.3, -0.25) is 5.43 Å². The van der Waals surface area contributed by atoms with Crippen molar-refractivity contribution >= 4 is 0 Å². The van der Waals surface area contributed by atoms with Crippen LogP contribution in [0, 0.1) is 5.92 Å². The molecule has 94 valence electrons. The van der Waals surface area contributed by atoms with Crippen molar-refractivity contribution in [2.45, 2.75) is 32.4 Å². The summed E-state index contributed by atoms with van der Waals surface area (Å²) in [6, 6.07) is 11.7. The summed E-state index contributed by atoms with van der Waals surface area (Å²) >= 11 is 0. The topological polar surface area (TPSA) is 36.1 Å². The first-order valence-electron chi connectivity index (χ1n) is 6.63. The van der Waals surface area contributed by atoms with Crippen LogP contribution >= 0.6 is 0 Å². The van der Waals surface area contributed by atoms with Crippen LogP contribution in [0.5, 0.6) is 0 Å². The molecule has 0 aromatic heterocycles. The van der Waals surface area contributed by atoms with Crippen molar-refractivity contribution in [2.24, 2.45) is 5.92 Å². The van der Waals surface area contributed by atoms with Crippen LogP contribution in [-0.2, 0) is 0 Å². The van der Waals surface area contributed by atoms with Crippen LogP contribution in [-0.4, -0.2) is 19.1 Å². The zero-order chi connectivity index (χ0) is 12.1. The Labute approximate surface area is 104 Å². The molecule has 0 saturated carbocycles. The number of rotatable bonds is 5. The summed E-state index contributed by atoms with van der Waals surface area (Å²) in [7, 11) is 0. The highest BCUT2D eigenvalue weighted by Crippen LogP contribution is 2.30. The Morgan fingerprint density at radius 3 is 2.53 bits per heavy atom. The minimum Gasteiger partial charge on any atom is -0.315 e. The van der Waals surface area contributed by atoms with Crippen LogP contribution in [0.15, 0.2) is 30.3 Å². The number of benzene rings is 1. The van der Waals surface area contributed by atoms with Crippen molar-refractivity contribution in [1.82, 2.24) is 16.2 Å². The van der Waals surface area contributed by atoms with E-state index in [1.807, 2.05) is 0 Å². The number of hydrogen-bond acceptors (Lipinski definition) is 3. The number of hydrazine groups is 1. The molecule has 2 rings (SSSR count). The Bertz CT molecular complexity index is 325. The van der Waals surface area contributed by atoms with Crippen molar-refractivity contribution in [3.63, 3.8) is 0 Å². The molecule has 1 aromatic carbocycles. The second-order valence-electron chi connectivity index (χ2n) is 4.66. The summed E-state index contributed by atoms with van der Waals surface area (Å²) < 4.78 is 0. The number of likely N-dealkylation sites (N-methyl/N-ethyl adjacent to an activating group) is 1. The van der Waals surface area contributed by atoms with Crippen molar-refractivity contribution in [3.8, 4) is 0 Å². The van der Waals surface area contributed by atoms with Crippen molar-refractivity contribution in [2.75, 3.05) is 13.1 Å². The van der Waals surface area contributed by atoms with E-state index < -0.39 is 0 Å². The van der Waals surface area contributed by atoms with Crippen LogP contribution in [0.4, 0.5) is 0 Å². The van der Waals surface area contributed by atoms with Gasteiger partial charge in [-0.25, -0.2) is 5.43 Å². The lowest BCUT2D eigenvalue weighted by Crippen LogP contribution is -2.40. The monoisotopic (exact) mass is 233 g/mol. The lowest BCUT2D eigenvalue weighted by atomic mass is 9.87. The molecule has 3 unspecified atom stereocenters. The number of nitrogens with one attached hydrogen (secondary N) is 3. The number of hydrogen-bond donors (Lipinski definition) is 3. The molecule has 1 aliphatic heterocycles. The van der Waals surface area contributed by atoms with E-state index in [1.165, 1.54) is 12.0 Å². The second kappa shape index (κ2) is 6.15. The first-order chi connectivity index (χ1) is 8.36. The first-order valence-corrected chi connectivity index (χ1v) is 6.63. The maximum Gasteiger partial charge on any atom is 0.0506 e. The fraction of sp³-hybridized carbons (Fsp3) is 0.571. The molecule has 1 fully saturated rings. The molecular formula is C14H23N3. The molecule has 1 saturated heterocycles. The van der Waals surface area contributed by atoms with Gasteiger partial charge < -0.3 is 5.32 Å². The largest absolute Gasteiger partial charge is 0.315 e. The average Bonchev–Trinajstić information content (AvgIpc) is 2.80. The summed E-state index contributed by atoms with van der Waals surface area (Å²) in [5.74, 6) is 0.649. The van der Waals surface area contributed by atoms with Gasteiger partial charge in [0.15, 0.2) is 0 Å². The molecule has 0 bridgehead atoms. The molecule has 3 N–H and O–H groups in total. The predicted octanol–water partition coefficient (Wildman–Crippen LogP) is 1.84. The third kappa shape index (κ3) is 2.86. The Kier molecular flexibility index (Phi) is 4.54. The van der Waals surface area contributed by atoms with E-state index in [2.05, 4.69) is 60.3 Å². The summed E-state index contributed by atoms with van der Waals surface area (Å²) in [5.41, 5.74) is 8.25. The van der Waals surface area contributed by atoms with Gasteiger partial charge in [0, 0.05) is 12.6 Å². The molecule has 3 atom stereocenters. The average molecular weight is 233 g/mol. The van der Waals surface area contributed by atoms with Gasteiger partial charge in [0.05, 0.1) is 6.04 Å². The quantitative estimate of drug-likeness (QED) is 0.726. The van der Waals surface area contributed by atoms with Gasteiger partial charge in [-0.1, -0.05) is 44.2 Å². The maximum absolute atomic E-state index is 3.44. The fourth-order valence-electron chi connectivity index (χ4n) is 2.66. The molecule has 3 nitrogen and oxygen atoms in total. The molecule has 0 amide bonds. The van der Waals surface area contributed by atoms with Gasteiger partial charge in [-0.05, 0) is 24.4 Å². The lowest BCUT2D eigenvalue weighted by Gasteiger charge is -2.21. The SMILES string of the molecule is CCNCC1NNC(c2ccccc2)C1CC. The first kappa shape index (κ1) is 12.6. The third-order valence-corrected chi connectivity index (χ3v) is 3.61. The molecule has 17 heavy (non-hydrogen) atoms. The summed E-state index contributed by atoms with van der Waals surface area (Å²) in [6.07, 6.45) is 1.19. The molecule has 0 spiro atoms. The summed E-state index contributed by atoms with van der Waals surface area (Å²) in [5, 5.41) is 3.42. The second-order valence-corrected chi connectivity index (χ2v) is 4.66. The predicted molar refractivity (Wildman–Crippen MR) is 71.6 cm³/mol. The minimum atomic E-state index is 0.435. The Balaban J connectivity index is 2.05. The van der Waals surface area contributed by atoms with Crippen LogP contribution in [0.1, 0.15) is 31.9 Å². The highest BCUT2D eigenvalue weighted by atomic mass is 15.4. The van der Waals surface area contributed by atoms with Gasteiger partial charge in [0.1, 0.15) is 0 Å². The smallest absolute Gasteiger partial charge is 0.0506 e. The maximum atomic E-state index is 3.44. The van der Waals surface area contributed by atoms with Crippen LogP contribution < -0.4 is 16.2 Å². The minimum absolute atomic E-state index is 0.435. The van der Waals surface area contributed by atoms with Crippen molar-refractivity contribution < 1.29 is 0 Å². The molecule has 0 radical (unpaired) electrons. The van der Waals surface area contributed by atoms with Gasteiger partial charge in [-0.15, -0.1) is 0 Å². The molecule has 1 aromatic rings. The highest BCUT2D eigenvalue weighted by molar-refractivity contribution is 5.21. The lowest BCUT2D eigenvalue weighted by molar-refractivity contribution is 0.390.